The van der Waals surface area contributed by atoms with Crippen LogP contribution in [0.1, 0.15) is 51.9 Å². The van der Waals surface area contributed by atoms with Gasteiger partial charge in [-0.1, -0.05) is 72.3 Å². The fourth-order valence-corrected chi connectivity index (χ4v) is 7.90. The molecule has 4 aromatic carbocycles. The van der Waals surface area contributed by atoms with Crippen molar-refractivity contribution in [1.29, 1.82) is 0 Å². The molecule has 1 spiro atoms. The summed E-state index contributed by atoms with van der Waals surface area (Å²) in [5.41, 5.74) is 18.9. The van der Waals surface area contributed by atoms with Crippen LogP contribution in [0, 0.1) is 6.92 Å². The van der Waals surface area contributed by atoms with Crippen molar-refractivity contribution >= 4 is 10.9 Å². The highest BCUT2D eigenvalue weighted by atomic mass is 15.0. The smallest absolute Gasteiger partial charge is 0.0766 e. The molecule has 0 amide bonds. The monoisotopic (exact) mass is 421 g/mol. The van der Waals surface area contributed by atoms with Crippen LogP contribution in [0.2, 0.25) is 0 Å². The second kappa shape index (κ2) is 5.31. The maximum Gasteiger partial charge on any atom is 0.0766 e. The van der Waals surface area contributed by atoms with Crippen molar-refractivity contribution in [3.05, 3.63) is 112 Å². The van der Waals surface area contributed by atoms with Crippen LogP contribution in [0.25, 0.3) is 38.8 Å². The Balaban J connectivity index is 1.62. The molecule has 2 heterocycles. The summed E-state index contributed by atoms with van der Waals surface area (Å²) in [6, 6.07) is 28.3. The van der Waals surface area contributed by atoms with Crippen molar-refractivity contribution in [1.82, 2.24) is 4.57 Å². The van der Waals surface area contributed by atoms with Crippen molar-refractivity contribution in [2.24, 2.45) is 0 Å². The van der Waals surface area contributed by atoms with Gasteiger partial charge in [-0.15, -0.1) is 0 Å². The Morgan fingerprint density at radius 3 is 2.42 bits per heavy atom. The van der Waals surface area contributed by atoms with Gasteiger partial charge in [0.15, 0.2) is 0 Å². The van der Waals surface area contributed by atoms with Crippen molar-refractivity contribution in [2.75, 3.05) is 0 Å². The minimum absolute atomic E-state index is 0.199. The molecule has 9 rings (SSSR count). The number of fused-ring (bicyclic) bond motifs is 8. The highest BCUT2D eigenvalue weighted by molar-refractivity contribution is 6.08. The highest BCUT2D eigenvalue weighted by Gasteiger charge is 2.56. The summed E-state index contributed by atoms with van der Waals surface area (Å²) in [5.74, 6) is 0. The lowest BCUT2D eigenvalue weighted by Crippen LogP contribution is -2.32. The largest absolute Gasteiger partial charge is 0.313 e. The summed E-state index contributed by atoms with van der Waals surface area (Å²) >= 11 is 0. The van der Waals surface area contributed by atoms with Gasteiger partial charge < -0.3 is 4.57 Å². The van der Waals surface area contributed by atoms with Gasteiger partial charge in [-0.25, -0.2) is 0 Å². The summed E-state index contributed by atoms with van der Waals surface area (Å²) in [6.45, 7) is 2.25. The van der Waals surface area contributed by atoms with Gasteiger partial charge >= 0.3 is 0 Å². The second-order valence-corrected chi connectivity index (χ2v) is 10.4. The fraction of sp³-hybridized carbons (Fsp3) is 0.188. The molecule has 1 aliphatic heterocycles. The van der Waals surface area contributed by atoms with E-state index in [1.54, 1.807) is 16.8 Å². The molecule has 1 nitrogen and oxygen atoms in total. The predicted octanol–water partition coefficient (Wildman–Crippen LogP) is 7.47. The number of hydrogen-bond acceptors (Lipinski definition) is 0. The molecule has 4 aliphatic rings. The topological polar surface area (TPSA) is 4.93 Å². The molecule has 1 heteroatoms. The molecule has 1 aromatic heterocycles. The number of nitrogens with zero attached hydrogens (tertiary/aromatic N) is 1. The first-order valence-corrected chi connectivity index (χ1v) is 12.3. The van der Waals surface area contributed by atoms with Crippen LogP contribution < -0.4 is 0 Å². The average molecular weight is 422 g/mol. The molecule has 0 saturated heterocycles. The van der Waals surface area contributed by atoms with Crippen LogP contribution in [-0.4, -0.2) is 4.57 Å². The van der Waals surface area contributed by atoms with E-state index in [9.17, 15) is 0 Å². The minimum Gasteiger partial charge on any atom is -0.313 e. The Kier molecular flexibility index (Phi) is 2.73. The van der Waals surface area contributed by atoms with Gasteiger partial charge in [0.1, 0.15) is 0 Å². The van der Waals surface area contributed by atoms with Crippen LogP contribution in [0.15, 0.2) is 72.8 Å². The zero-order valence-electron chi connectivity index (χ0n) is 18.7. The number of aryl methyl sites for hydroxylation is 2. The van der Waals surface area contributed by atoms with Crippen LogP contribution in [-0.2, 0) is 18.3 Å². The molecule has 3 aliphatic carbocycles. The summed E-state index contributed by atoms with van der Waals surface area (Å²) in [4.78, 5) is 0. The third-order valence-corrected chi connectivity index (χ3v) is 8.96. The average Bonchev–Trinajstić information content (AvgIpc) is 3.46. The van der Waals surface area contributed by atoms with Crippen molar-refractivity contribution in [3.8, 4) is 27.9 Å². The van der Waals surface area contributed by atoms with Gasteiger partial charge in [0.2, 0.25) is 0 Å². The zero-order valence-corrected chi connectivity index (χ0v) is 18.7. The van der Waals surface area contributed by atoms with Crippen LogP contribution in [0.3, 0.4) is 0 Å². The molecular formula is C32H23N. The quantitative estimate of drug-likeness (QED) is 0.239. The molecule has 1 unspecified atom stereocenters. The molecule has 0 fully saturated rings. The lowest BCUT2D eigenvalue weighted by Gasteiger charge is -2.38. The van der Waals surface area contributed by atoms with Crippen LogP contribution in [0.4, 0.5) is 0 Å². The van der Waals surface area contributed by atoms with E-state index in [1.165, 1.54) is 86.8 Å². The Hall–Kier alpha value is -3.58. The zero-order chi connectivity index (χ0) is 21.5. The lowest BCUT2D eigenvalue weighted by molar-refractivity contribution is 0.660. The Labute approximate surface area is 193 Å². The normalized spacial score (nSPS) is 19.9. The van der Waals surface area contributed by atoms with Gasteiger partial charge in [-0.3, -0.25) is 0 Å². The fourth-order valence-electron chi connectivity index (χ4n) is 7.90. The number of hydrogen-bond donors (Lipinski definition) is 0. The molecule has 1 atom stereocenters. The first-order chi connectivity index (χ1) is 16.3. The summed E-state index contributed by atoms with van der Waals surface area (Å²) < 4.78 is 2.68. The first kappa shape index (κ1) is 17.0. The summed E-state index contributed by atoms with van der Waals surface area (Å²) in [6.07, 6.45) is 5.00. The molecule has 0 saturated carbocycles. The third-order valence-electron chi connectivity index (χ3n) is 8.96. The third kappa shape index (κ3) is 1.63. The van der Waals surface area contributed by atoms with E-state index >= 15 is 0 Å². The van der Waals surface area contributed by atoms with Crippen LogP contribution in [0.5, 0.6) is 0 Å². The van der Waals surface area contributed by atoms with E-state index < -0.39 is 0 Å². The lowest BCUT2D eigenvalue weighted by atomic mass is 9.67. The van der Waals surface area contributed by atoms with Crippen molar-refractivity contribution in [3.63, 3.8) is 0 Å². The maximum atomic E-state index is 2.68. The Bertz CT molecular complexity index is 1730. The van der Waals surface area contributed by atoms with Gasteiger partial charge in [0.25, 0.3) is 0 Å². The minimum atomic E-state index is -0.199. The van der Waals surface area contributed by atoms with Gasteiger partial charge in [0.05, 0.1) is 16.6 Å². The van der Waals surface area contributed by atoms with E-state index in [0.717, 1.165) is 0 Å². The highest BCUT2D eigenvalue weighted by Crippen LogP contribution is 2.68. The molecule has 156 valence electrons. The second-order valence-electron chi connectivity index (χ2n) is 10.4. The first-order valence-electron chi connectivity index (χ1n) is 12.3. The Morgan fingerprint density at radius 2 is 1.48 bits per heavy atom. The summed E-state index contributed by atoms with van der Waals surface area (Å²) in [7, 11) is 0. The number of benzene rings is 4. The SMILES string of the molecule is Cc1ccc2c(c1)C13c4ccccc4-c4cccc(c41)-c1ccc4c5c(n-2c4c13)CCCC5. The van der Waals surface area contributed by atoms with E-state index in [-0.39, 0.29) is 5.41 Å². The van der Waals surface area contributed by atoms with Gasteiger partial charge in [-0.2, -0.15) is 0 Å². The van der Waals surface area contributed by atoms with Gasteiger partial charge in [0, 0.05) is 16.6 Å². The predicted molar refractivity (Wildman–Crippen MR) is 135 cm³/mol. The molecule has 0 radical (unpaired) electrons. The molecule has 33 heavy (non-hydrogen) atoms. The maximum absolute atomic E-state index is 2.68. The van der Waals surface area contributed by atoms with Crippen molar-refractivity contribution in [2.45, 2.75) is 38.0 Å². The molecule has 0 N–H and O–H groups in total. The molecular weight excluding hydrogens is 398 g/mol. The summed E-state index contributed by atoms with van der Waals surface area (Å²) in [5, 5.41) is 1.49. The van der Waals surface area contributed by atoms with E-state index in [2.05, 4.69) is 84.3 Å². The standard InChI is InChI=1S/C32H23N/c1-18-13-16-28-26(17-18)32-25-11-4-2-7-19(25)21-9-6-10-22(29(21)32)23-14-15-24-20-8-3-5-12-27(20)33(28)31(24)30(23)32/h2,4,6-7,9-11,13-17H,3,5,8,12H2,1H3. The Morgan fingerprint density at radius 1 is 0.697 bits per heavy atom. The van der Waals surface area contributed by atoms with E-state index in [0.29, 0.717) is 0 Å². The van der Waals surface area contributed by atoms with E-state index in [4.69, 9.17) is 0 Å². The number of rotatable bonds is 0. The van der Waals surface area contributed by atoms with Crippen LogP contribution >= 0.6 is 0 Å². The molecule has 5 aromatic rings. The number of aromatic nitrogens is 1. The van der Waals surface area contributed by atoms with Gasteiger partial charge in [-0.05, 0) is 83.2 Å². The van der Waals surface area contributed by atoms with Crippen molar-refractivity contribution < 1.29 is 0 Å². The molecule has 0 bridgehead atoms. The van der Waals surface area contributed by atoms with E-state index in [1.807, 2.05) is 0 Å².